The van der Waals surface area contributed by atoms with Crippen molar-refractivity contribution in [1.82, 2.24) is 0 Å². The summed E-state index contributed by atoms with van der Waals surface area (Å²) in [6, 6.07) is 18.6. The number of hydrogen-bond acceptors (Lipinski definition) is 5. The third-order valence-electron chi connectivity index (χ3n) is 5.83. The highest BCUT2D eigenvalue weighted by atomic mass is 35.5. The monoisotopic (exact) mass is 496 g/mol. The van der Waals surface area contributed by atoms with Crippen molar-refractivity contribution in [2.24, 2.45) is 0 Å². The van der Waals surface area contributed by atoms with Gasteiger partial charge in [0.25, 0.3) is 0 Å². The Morgan fingerprint density at radius 2 is 1.85 bits per heavy atom. The first-order valence-electron chi connectivity index (χ1n) is 11.1. The van der Waals surface area contributed by atoms with Gasteiger partial charge in [0.15, 0.2) is 5.78 Å². The molecule has 0 fully saturated rings. The van der Waals surface area contributed by atoms with Gasteiger partial charge in [0.2, 0.25) is 0 Å². The Morgan fingerprint density at radius 1 is 1.12 bits per heavy atom. The number of rotatable bonds is 9. The molecule has 1 aliphatic heterocycles. The summed E-state index contributed by atoms with van der Waals surface area (Å²) >= 11 is 8.07. The van der Waals surface area contributed by atoms with Crippen molar-refractivity contribution in [2.45, 2.75) is 36.5 Å². The average Bonchev–Trinajstić information content (AvgIpc) is 2.85. The molecule has 34 heavy (non-hydrogen) atoms. The van der Waals surface area contributed by atoms with E-state index < -0.39 is 11.9 Å². The Hall–Kier alpha value is -2.96. The first-order valence-corrected chi connectivity index (χ1v) is 12.7. The van der Waals surface area contributed by atoms with E-state index >= 15 is 0 Å². The smallest absolute Gasteiger partial charge is 0.311 e. The number of hydrogen-bond donors (Lipinski definition) is 1. The first-order chi connectivity index (χ1) is 16.4. The number of carbonyl (C=O) groups is 2. The zero-order chi connectivity index (χ0) is 24.1. The maximum atomic E-state index is 12.6. The number of aryl methyl sites for hydroxylation is 1. The fourth-order valence-corrected chi connectivity index (χ4v) is 4.57. The van der Waals surface area contributed by atoms with Crippen molar-refractivity contribution >= 4 is 35.1 Å². The summed E-state index contributed by atoms with van der Waals surface area (Å²) < 4.78 is 11.5. The van der Waals surface area contributed by atoms with Crippen LogP contribution in [0, 0.1) is 0 Å². The number of aliphatic carboxylic acids is 1. The second-order valence-electron chi connectivity index (χ2n) is 8.10. The van der Waals surface area contributed by atoms with Crippen LogP contribution in [0.1, 0.15) is 46.7 Å². The summed E-state index contributed by atoms with van der Waals surface area (Å²) in [4.78, 5) is 25.3. The van der Waals surface area contributed by atoms with Crippen LogP contribution in [0.3, 0.4) is 0 Å². The van der Waals surface area contributed by atoms with E-state index in [0.717, 1.165) is 12.8 Å². The highest BCUT2D eigenvalue weighted by Gasteiger charge is 2.29. The van der Waals surface area contributed by atoms with Gasteiger partial charge in [-0.05, 0) is 73.5 Å². The van der Waals surface area contributed by atoms with Gasteiger partial charge in [0.05, 0.1) is 17.5 Å². The van der Waals surface area contributed by atoms with Crippen molar-refractivity contribution in [2.75, 3.05) is 12.9 Å². The quantitative estimate of drug-likeness (QED) is 0.254. The molecule has 1 heterocycles. The molecule has 0 saturated heterocycles. The molecule has 1 unspecified atom stereocenters. The van der Waals surface area contributed by atoms with Crippen LogP contribution in [0.2, 0.25) is 5.02 Å². The fourth-order valence-electron chi connectivity index (χ4n) is 3.95. The van der Waals surface area contributed by atoms with Crippen LogP contribution in [0.5, 0.6) is 17.2 Å². The number of ether oxygens (including phenoxy) is 2. The summed E-state index contributed by atoms with van der Waals surface area (Å²) in [5.41, 5.74) is 2.42. The lowest BCUT2D eigenvalue weighted by molar-refractivity contribution is -0.139. The van der Waals surface area contributed by atoms with Crippen molar-refractivity contribution in [1.29, 1.82) is 0 Å². The SMILES string of the molecule is CSc1ccc(CCCC(=O)c2ccc(Oc3cc4c(cc3Cl)C(C(=O)O)CCO4)cc2)cc1. The van der Waals surface area contributed by atoms with Gasteiger partial charge >= 0.3 is 5.97 Å². The number of carbonyl (C=O) groups excluding carboxylic acids is 1. The predicted molar refractivity (Wildman–Crippen MR) is 134 cm³/mol. The zero-order valence-corrected chi connectivity index (χ0v) is 20.3. The molecular formula is C27H25ClO5S. The highest BCUT2D eigenvalue weighted by molar-refractivity contribution is 7.98. The minimum atomic E-state index is -0.900. The summed E-state index contributed by atoms with van der Waals surface area (Å²) in [7, 11) is 0. The highest BCUT2D eigenvalue weighted by Crippen LogP contribution is 2.41. The second-order valence-corrected chi connectivity index (χ2v) is 9.39. The van der Waals surface area contributed by atoms with Gasteiger partial charge in [-0.2, -0.15) is 0 Å². The predicted octanol–water partition coefficient (Wildman–Crippen LogP) is 7.01. The first kappa shape index (κ1) is 24.2. The summed E-state index contributed by atoms with van der Waals surface area (Å²) in [5.74, 6) is -0.0885. The van der Waals surface area contributed by atoms with Gasteiger partial charge in [-0.3, -0.25) is 9.59 Å². The van der Waals surface area contributed by atoms with Gasteiger partial charge in [-0.1, -0.05) is 23.7 Å². The molecule has 0 radical (unpaired) electrons. The van der Waals surface area contributed by atoms with E-state index in [1.165, 1.54) is 10.5 Å². The van der Waals surface area contributed by atoms with Crippen molar-refractivity contribution in [3.63, 3.8) is 0 Å². The number of carboxylic acids is 1. The molecular weight excluding hydrogens is 472 g/mol. The maximum absolute atomic E-state index is 12.6. The van der Waals surface area contributed by atoms with Crippen LogP contribution in [-0.2, 0) is 11.2 Å². The van der Waals surface area contributed by atoms with Gasteiger partial charge < -0.3 is 14.6 Å². The van der Waals surface area contributed by atoms with Crippen molar-refractivity contribution in [3.8, 4) is 17.2 Å². The van der Waals surface area contributed by atoms with E-state index in [0.29, 0.717) is 52.8 Å². The molecule has 0 bridgehead atoms. The third-order valence-corrected chi connectivity index (χ3v) is 6.87. The van der Waals surface area contributed by atoms with E-state index in [1.807, 2.05) is 0 Å². The number of fused-ring (bicyclic) bond motifs is 1. The number of thioether (sulfide) groups is 1. The van der Waals surface area contributed by atoms with E-state index in [1.54, 1.807) is 48.2 Å². The third kappa shape index (κ3) is 5.75. The lowest BCUT2D eigenvalue weighted by Gasteiger charge is -2.24. The van der Waals surface area contributed by atoms with E-state index in [-0.39, 0.29) is 5.78 Å². The minimum Gasteiger partial charge on any atom is -0.493 e. The standard InChI is InChI=1S/C27H25ClO5S/c1-34-20-11-5-17(6-12-20)3-2-4-24(29)18-7-9-19(10-8-18)33-26-16-25-22(15-23(26)28)21(27(30)31)13-14-32-25/h5-12,15-16,21H,2-4,13-14H2,1H3,(H,30,31). The number of Topliss-reactive ketones (excluding diaryl/α,β-unsaturated/α-hetero) is 1. The summed E-state index contributed by atoms with van der Waals surface area (Å²) in [5, 5.41) is 9.73. The Kier molecular flexibility index (Phi) is 7.80. The van der Waals surface area contributed by atoms with Gasteiger partial charge in [-0.15, -0.1) is 11.8 Å². The molecule has 3 aromatic carbocycles. The average molecular weight is 497 g/mol. The summed E-state index contributed by atoms with van der Waals surface area (Å²) in [6.45, 7) is 0.324. The molecule has 1 atom stereocenters. The van der Waals surface area contributed by atoms with E-state index in [9.17, 15) is 14.7 Å². The van der Waals surface area contributed by atoms with Gasteiger partial charge in [-0.25, -0.2) is 0 Å². The molecule has 0 aliphatic carbocycles. The van der Waals surface area contributed by atoms with Crippen LogP contribution in [0.15, 0.2) is 65.6 Å². The van der Waals surface area contributed by atoms with Crippen LogP contribution >= 0.6 is 23.4 Å². The molecule has 0 saturated carbocycles. The second kappa shape index (κ2) is 11.0. The Balaban J connectivity index is 1.36. The van der Waals surface area contributed by atoms with E-state index in [2.05, 4.69) is 30.5 Å². The zero-order valence-electron chi connectivity index (χ0n) is 18.8. The Labute approximate surface area is 208 Å². The maximum Gasteiger partial charge on any atom is 0.311 e. The topological polar surface area (TPSA) is 72.8 Å². The number of ketones is 1. The number of carboxylic acid groups (broad SMARTS) is 1. The lowest BCUT2D eigenvalue weighted by Crippen LogP contribution is -2.20. The number of benzene rings is 3. The van der Waals surface area contributed by atoms with Gasteiger partial charge in [0.1, 0.15) is 17.2 Å². The molecule has 4 rings (SSSR count). The largest absolute Gasteiger partial charge is 0.493 e. The molecule has 1 aliphatic rings. The Morgan fingerprint density at radius 3 is 2.53 bits per heavy atom. The van der Waals surface area contributed by atoms with Crippen molar-refractivity contribution in [3.05, 3.63) is 82.4 Å². The molecule has 0 amide bonds. The normalized spacial score (nSPS) is 14.7. The molecule has 0 spiro atoms. The van der Waals surface area contributed by atoms with Crippen LogP contribution in [0.25, 0.3) is 0 Å². The lowest BCUT2D eigenvalue weighted by atomic mass is 9.93. The molecule has 0 aromatic heterocycles. The molecule has 176 valence electrons. The van der Waals surface area contributed by atoms with Gasteiger partial charge in [0, 0.05) is 28.5 Å². The Bertz CT molecular complexity index is 1170. The molecule has 3 aromatic rings. The van der Waals surface area contributed by atoms with Crippen LogP contribution in [0.4, 0.5) is 0 Å². The molecule has 7 heteroatoms. The summed E-state index contributed by atoms with van der Waals surface area (Å²) in [6.07, 6.45) is 4.58. The molecule has 5 nitrogen and oxygen atoms in total. The fraction of sp³-hybridized carbons (Fsp3) is 0.259. The minimum absolute atomic E-state index is 0.0900. The van der Waals surface area contributed by atoms with E-state index in [4.69, 9.17) is 21.1 Å². The van der Waals surface area contributed by atoms with Crippen molar-refractivity contribution < 1.29 is 24.2 Å². The van der Waals surface area contributed by atoms with Crippen LogP contribution < -0.4 is 9.47 Å². The number of halogens is 1. The molecule has 1 N–H and O–H groups in total. The van der Waals surface area contributed by atoms with Crippen LogP contribution in [-0.4, -0.2) is 29.7 Å².